The Morgan fingerprint density at radius 3 is 2.84 bits per heavy atom. The second-order valence-corrected chi connectivity index (χ2v) is 5.34. The highest BCUT2D eigenvalue weighted by molar-refractivity contribution is 5.56. The number of hydrogen-bond acceptors (Lipinski definition) is 3. The van der Waals surface area contributed by atoms with Crippen LogP contribution in [0.2, 0.25) is 0 Å². The van der Waals surface area contributed by atoms with Crippen molar-refractivity contribution in [1.29, 1.82) is 0 Å². The highest BCUT2D eigenvalue weighted by Crippen LogP contribution is 2.35. The van der Waals surface area contributed by atoms with Gasteiger partial charge < -0.3 is 14.7 Å². The van der Waals surface area contributed by atoms with Crippen molar-refractivity contribution in [3.63, 3.8) is 0 Å². The fourth-order valence-electron chi connectivity index (χ4n) is 3.11. The van der Waals surface area contributed by atoms with Crippen molar-refractivity contribution in [2.24, 2.45) is 5.92 Å². The van der Waals surface area contributed by atoms with Crippen molar-refractivity contribution >= 4 is 6.08 Å². The summed E-state index contributed by atoms with van der Waals surface area (Å²) in [5.74, 6) is 1.34. The molecule has 0 aromatic heterocycles. The first kappa shape index (κ1) is 12.5. The van der Waals surface area contributed by atoms with Gasteiger partial charge in [0.1, 0.15) is 5.75 Å². The molecule has 102 valence electrons. The van der Waals surface area contributed by atoms with E-state index in [9.17, 15) is 5.11 Å². The van der Waals surface area contributed by atoms with Gasteiger partial charge >= 0.3 is 0 Å². The molecular formula is C16H21NO2. The Balaban J connectivity index is 1.86. The number of aliphatic hydroxyl groups is 1. The van der Waals surface area contributed by atoms with Crippen molar-refractivity contribution in [2.45, 2.75) is 25.9 Å². The van der Waals surface area contributed by atoms with Gasteiger partial charge in [0.05, 0.1) is 12.7 Å². The molecule has 0 aliphatic carbocycles. The van der Waals surface area contributed by atoms with Gasteiger partial charge in [-0.25, -0.2) is 0 Å². The van der Waals surface area contributed by atoms with E-state index in [1.54, 1.807) is 0 Å². The molecule has 3 aliphatic heterocycles. The number of nitrogens with zero attached hydrogens (tertiary/aromatic N) is 1. The number of fused-ring (bicyclic) bond motifs is 3. The number of aliphatic hydroxyl groups excluding tert-OH is 1. The van der Waals surface area contributed by atoms with Crippen molar-refractivity contribution in [3.05, 3.63) is 35.5 Å². The van der Waals surface area contributed by atoms with Crippen LogP contribution in [0.5, 0.6) is 5.75 Å². The van der Waals surface area contributed by atoms with E-state index >= 15 is 0 Å². The smallest absolute Gasteiger partial charge is 0.119 e. The Labute approximate surface area is 114 Å². The summed E-state index contributed by atoms with van der Waals surface area (Å²) in [6, 6.07) is 8.06. The van der Waals surface area contributed by atoms with Gasteiger partial charge in [0.15, 0.2) is 0 Å². The average Bonchev–Trinajstić information content (AvgIpc) is 2.44. The van der Waals surface area contributed by atoms with Gasteiger partial charge in [-0.05, 0) is 49.5 Å². The summed E-state index contributed by atoms with van der Waals surface area (Å²) >= 11 is 0. The summed E-state index contributed by atoms with van der Waals surface area (Å²) < 4.78 is 5.52. The molecule has 1 unspecified atom stereocenters. The van der Waals surface area contributed by atoms with E-state index in [0.29, 0.717) is 12.5 Å². The molecular weight excluding hydrogens is 238 g/mol. The zero-order valence-electron chi connectivity index (χ0n) is 11.4. The Morgan fingerprint density at radius 1 is 1.37 bits per heavy atom. The van der Waals surface area contributed by atoms with Crippen LogP contribution in [0.15, 0.2) is 30.0 Å². The summed E-state index contributed by atoms with van der Waals surface area (Å²) in [5, 5.41) is 10.4. The van der Waals surface area contributed by atoms with Crippen LogP contribution in [0.3, 0.4) is 0 Å². The second-order valence-electron chi connectivity index (χ2n) is 5.34. The number of rotatable bonds is 3. The van der Waals surface area contributed by atoms with Crippen molar-refractivity contribution in [2.75, 3.05) is 19.7 Å². The molecule has 3 heteroatoms. The van der Waals surface area contributed by atoms with Crippen LogP contribution in [-0.4, -0.2) is 35.8 Å². The second kappa shape index (κ2) is 5.25. The molecule has 3 nitrogen and oxygen atoms in total. The van der Waals surface area contributed by atoms with Crippen LogP contribution >= 0.6 is 0 Å². The number of hydrogen-bond donors (Lipinski definition) is 1. The molecule has 0 amide bonds. The molecule has 0 radical (unpaired) electrons. The van der Waals surface area contributed by atoms with Crippen LogP contribution < -0.4 is 4.74 Å². The van der Waals surface area contributed by atoms with Gasteiger partial charge in [-0.2, -0.15) is 0 Å². The largest absolute Gasteiger partial charge is 0.494 e. The predicted molar refractivity (Wildman–Crippen MR) is 75.9 cm³/mol. The summed E-state index contributed by atoms with van der Waals surface area (Å²) in [6.07, 6.45) is 4.06. The van der Waals surface area contributed by atoms with E-state index in [0.717, 1.165) is 42.9 Å². The molecule has 3 saturated heterocycles. The fraction of sp³-hybridized carbons (Fsp3) is 0.500. The van der Waals surface area contributed by atoms with Crippen molar-refractivity contribution in [1.82, 2.24) is 4.90 Å². The highest BCUT2D eigenvalue weighted by Gasteiger charge is 2.36. The first-order chi connectivity index (χ1) is 9.28. The molecule has 19 heavy (non-hydrogen) atoms. The van der Waals surface area contributed by atoms with Gasteiger partial charge in [-0.15, -0.1) is 0 Å². The monoisotopic (exact) mass is 259 g/mol. The third kappa shape index (κ3) is 2.47. The summed E-state index contributed by atoms with van der Waals surface area (Å²) in [5.41, 5.74) is 2.18. The number of ether oxygens (including phenoxy) is 1. The molecule has 1 aromatic carbocycles. The maximum Gasteiger partial charge on any atom is 0.119 e. The zero-order valence-corrected chi connectivity index (χ0v) is 11.4. The molecule has 3 fully saturated rings. The third-order valence-electron chi connectivity index (χ3n) is 4.14. The molecule has 0 spiro atoms. The molecule has 2 bridgehead atoms. The van der Waals surface area contributed by atoms with Gasteiger partial charge in [-0.3, -0.25) is 0 Å². The molecule has 0 saturated carbocycles. The first-order valence-corrected chi connectivity index (χ1v) is 7.15. The van der Waals surface area contributed by atoms with Crippen LogP contribution in [0.4, 0.5) is 0 Å². The minimum atomic E-state index is -0.293. The summed E-state index contributed by atoms with van der Waals surface area (Å²) in [4.78, 5) is 2.32. The first-order valence-electron chi connectivity index (χ1n) is 7.15. The molecule has 1 N–H and O–H groups in total. The quantitative estimate of drug-likeness (QED) is 0.905. The van der Waals surface area contributed by atoms with E-state index in [1.165, 1.54) is 0 Å². The molecule has 1 aromatic rings. The third-order valence-corrected chi connectivity index (χ3v) is 4.14. The number of piperidine rings is 3. The predicted octanol–water partition coefficient (Wildman–Crippen LogP) is 2.51. The highest BCUT2D eigenvalue weighted by atomic mass is 16.5. The van der Waals surface area contributed by atoms with E-state index in [1.807, 2.05) is 25.1 Å². The van der Waals surface area contributed by atoms with E-state index in [-0.39, 0.29) is 6.10 Å². The fourth-order valence-corrected chi connectivity index (χ4v) is 3.11. The summed E-state index contributed by atoms with van der Waals surface area (Å²) in [7, 11) is 0. The van der Waals surface area contributed by atoms with Crippen LogP contribution in [0, 0.1) is 5.92 Å². The van der Waals surface area contributed by atoms with E-state index in [2.05, 4.69) is 17.0 Å². The van der Waals surface area contributed by atoms with Crippen LogP contribution in [0.25, 0.3) is 6.08 Å². The molecule has 4 rings (SSSR count). The van der Waals surface area contributed by atoms with E-state index in [4.69, 9.17) is 4.74 Å². The summed E-state index contributed by atoms with van der Waals surface area (Å²) in [6.45, 7) is 4.83. The standard InChI is InChI=1S/C16H21NO2/c1-2-19-14-5-3-4-12(10-14)11-15-16(18)13-6-8-17(15)9-7-13/h3-5,10-11,13,16,18H,2,6-9H2,1H3/b15-11-. The Bertz CT molecular complexity index is 471. The molecule has 1 atom stereocenters. The minimum absolute atomic E-state index is 0.293. The Kier molecular flexibility index (Phi) is 3.47. The minimum Gasteiger partial charge on any atom is -0.494 e. The van der Waals surface area contributed by atoms with Crippen molar-refractivity contribution < 1.29 is 9.84 Å². The maximum absolute atomic E-state index is 10.4. The van der Waals surface area contributed by atoms with Gasteiger partial charge in [0, 0.05) is 18.8 Å². The lowest BCUT2D eigenvalue weighted by Crippen LogP contribution is -2.48. The average molecular weight is 259 g/mol. The normalized spacial score (nSPS) is 27.9. The Hall–Kier alpha value is -1.48. The van der Waals surface area contributed by atoms with E-state index < -0.39 is 0 Å². The lowest BCUT2D eigenvalue weighted by Gasteiger charge is -2.45. The molecule has 3 heterocycles. The lowest BCUT2D eigenvalue weighted by atomic mass is 9.83. The van der Waals surface area contributed by atoms with Gasteiger partial charge in [0.25, 0.3) is 0 Å². The Morgan fingerprint density at radius 2 is 2.16 bits per heavy atom. The van der Waals surface area contributed by atoms with Crippen LogP contribution in [0.1, 0.15) is 25.3 Å². The molecule has 3 aliphatic rings. The topological polar surface area (TPSA) is 32.7 Å². The zero-order chi connectivity index (χ0) is 13.2. The lowest BCUT2D eigenvalue weighted by molar-refractivity contribution is 0.0215. The van der Waals surface area contributed by atoms with Crippen molar-refractivity contribution in [3.8, 4) is 5.75 Å². The maximum atomic E-state index is 10.4. The van der Waals surface area contributed by atoms with Gasteiger partial charge in [-0.1, -0.05) is 12.1 Å². The van der Waals surface area contributed by atoms with Gasteiger partial charge in [0.2, 0.25) is 0 Å². The number of benzene rings is 1. The SMILES string of the molecule is CCOc1cccc(/C=C2/C(O)C3CCN2CC3)c1. The van der Waals surface area contributed by atoms with Crippen LogP contribution in [-0.2, 0) is 0 Å².